The third-order valence-corrected chi connectivity index (χ3v) is 5.60. The van der Waals surface area contributed by atoms with Gasteiger partial charge in [-0.3, -0.25) is 10.0 Å². The highest BCUT2D eigenvalue weighted by atomic mass is 16.5. The Morgan fingerprint density at radius 3 is 1.86 bits per heavy atom. The van der Waals surface area contributed by atoms with E-state index >= 15 is 0 Å². The number of phenols is 1. The first kappa shape index (κ1) is 24.5. The minimum absolute atomic E-state index is 0.286. The van der Waals surface area contributed by atoms with Crippen molar-refractivity contribution in [3.63, 3.8) is 0 Å². The Balaban J connectivity index is 2.25. The molecule has 3 N–H and O–H groups in total. The number of hydrogen-bond acceptors (Lipinski definition) is 3. The topological polar surface area (TPSA) is 69.6 Å². The van der Waals surface area contributed by atoms with Crippen LogP contribution in [-0.2, 0) is 4.79 Å². The number of aromatic hydroxyl groups is 1. The Morgan fingerprint density at radius 1 is 0.821 bits per heavy atom. The molecule has 0 aliphatic carbocycles. The van der Waals surface area contributed by atoms with Crippen LogP contribution in [-0.4, -0.2) is 16.2 Å². The Bertz CT molecular complexity index is 501. The number of hydrogen-bond donors (Lipinski definition) is 3. The highest BCUT2D eigenvalue weighted by Gasteiger charge is 2.11. The lowest BCUT2D eigenvalue weighted by Crippen LogP contribution is -2.17. The summed E-state index contributed by atoms with van der Waals surface area (Å²) in [7, 11) is 0. The van der Waals surface area contributed by atoms with Crippen LogP contribution in [0.2, 0.25) is 0 Å². The molecule has 1 aromatic carbocycles. The predicted octanol–water partition coefficient (Wildman–Crippen LogP) is 6.85. The number of hydroxylamine groups is 1. The highest BCUT2D eigenvalue weighted by Crippen LogP contribution is 2.29. The molecular weight excluding hydrogens is 350 g/mol. The maximum absolute atomic E-state index is 11.0. The lowest BCUT2D eigenvalue weighted by Gasteiger charge is -2.18. The minimum atomic E-state index is -0.286. The molecule has 1 atom stereocenters. The van der Waals surface area contributed by atoms with Crippen LogP contribution in [0.15, 0.2) is 24.3 Å². The number of amides is 1. The maximum Gasteiger partial charge on any atom is 0.243 e. The van der Waals surface area contributed by atoms with E-state index in [1.54, 1.807) is 5.48 Å². The second-order valence-electron chi connectivity index (χ2n) is 8.04. The Labute approximate surface area is 171 Å². The van der Waals surface area contributed by atoms with E-state index in [0.29, 0.717) is 18.1 Å². The molecule has 0 aromatic heterocycles. The average Bonchev–Trinajstić information content (AvgIpc) is 2.71. The van der Waals surface area contributed by atoms with Gasteiger partial charge in [0.15, 0.2) is 0 Å². The third kappa shape index (κ3) is 12.0. The lowest BCUT2D eigenvalue weighted by atomic mass is 9.88. The minimum Gasteiger partial charge on any atom is -0.508 e. The van der Waals surface area contributed by atoms with Gasteiger partial charge in [0, 0.05) is 6.42 Å². The van der Waals surface area contributed by atoms with E-state index in [4.69, 9.17) is 5.21 Å². The van der Waals surface area contributed by atoms with Crippen LogP contribution in [0.5, 0.6) is 5.75 Å². The van der Waals surface area contributed by atoms with Gasteiger partial charge in [0.25, 0.3) is 0 Å². The van der Waals surface area contributed by atoms with Gasteiger partial charge in [0.1, 0.15) is 5.75 Å². The van der Waals surface area contributed by atoms with Crippen LogP contribution in [0, 0.1) is 0 Å². The number of unbranched alkanes of at least 4 members (excludes halogenated alkanes) is 10. The van der Waals surface area contributed by atoms with Crippen molar-refractivity contribution >= 4 is 5.91 Å². The number of carbonyl (C=O) groups is 1. The van der Waals surface area contributed by atoms with Crippen LogP contribution in [0.25, 0.3) is 0 Å². The zero-order chi connectivity index (χ0) is 20.5. The van der Waals surface area contributed by atoms with Crippen molar-refractivity contribution in [3.8, 4) is 5.75 Å². The molecule has 0 saturated heterocycles. The predicted molar refractivity (Wildman–Crippen MR) is 116 cm³/mol. The molecule has 0 spiro atoms. The van der Waals surface area contributed by atoms with Crippen molar-refractivity contribution < 1.29 is 15.1 Å². The monoisotopic (exact) mass is 391 g/mol. The van der Waals surface area contributed by atoms with Crippen molar-refractivity contribution in [3.05, 3.63) is 29.8 Å². The first-order valence-corrected chi connectivity index (χ1v) is 11.4. The Hall–Kier alpha value is -1.55. The molecule has 160 valence electrons. The van der Waals surface area contributed by atoms with Gasteiger partial charge in [-0.05, 0) is 42.9 Å². The van der Waals surface area contributed by atoms with Crippen LogP contribution < -0.4 is 5.48 Å². The van der Waals surface area contributed by atoms with Crippen LogP contribution >= 0.6 is 0 Å². The SMILES string of the molecule is CCCCCCCCC(CCCCCCCCC(=O)NO)c1ccc(O)cc1. The fourth-order valence-corrected chi connectivity index (χ4v) is 3.83. The van der Waals surface area contributed by atoms with Crippen LogP contribution in [0.3, 0.4) is 0 Å². The molecule has 0 aliphatic rings. The molecule has 0 radical (unpaired) electrons. The zero-order valence-corrected chi connectivity index (χ0v) is 17.8. The summed E-state index contributed by atoms with van der Waals surface area (Å²) >= 11 is 0. The van der Waals surface area contributed by atoms with Gasteiger partial charge in [-0.1, -0.05) is 89.7 Å². The standard InChI is InChI=1S/C24H41NO3/c1-2-3-4-5-8-11-14-21(22-17-19-23(26)20-18-22)15-12-9-6-7-10-13-16-24(27)25-28/h17-21,26,28H,2-16H2,1H3,(H,25,27). The fourth-order valence-electron chi connectivity index (χ4n) is 3.83. The summed E-state index contributed by atoms with van der Waals surface area (Å²) in [6.45, 7) is 2.26. The summed E-state index contributed by atoms with van der Waals surface area (Å²) in [5.41, 5.74) is 3.05. The van der Waals surface area contributed by atoms with Gasteiger partial charge in [-0.15, -0.1) is 0 Å². The third-order valence-electron chi connectivity index (χ3n) is 5.60. The number of phenolic OH excluding ortho intramolecular Hbond substituents is 1. The van der Waals surface area contributed by atoms with E-state index in [1.165, 1.54) is 76.2 Å². The molecule has 0 bridgehead atoms. The average molecular weight is 392 g/mol. The Kier molecular flexibility index (Phi) is 14.4. The van der Waals surface area contributed by atoms with Gasteiger partial charge in [0.2, 0.25) is 5.91 Å². The van der Waals surface area contributed by atoms with E-state index in [1.807, 2.05) is 12.1 Å². The number of rotatable bonds is 17. The van der Waals surface area contributed by atoms with Crippen molar-refractivity contribution in [1.82, 2.24) is 5.48 Å². The number of nitrogens with one attached hydrogen (secondary N) is 1. The molecule has 1 unspecified atom stereocenters. The molecular formula is C24H41NO3. The van der Waals surface area contributed by atoms with E-state index < -0.39 is 0 Å². The second kappa shape index (κ2) is 16.4. The van der Waals surface area contributed by atoms with Crippen molar-refractivity contribution in [2.75, 3.05) is 0 Å². The molecule has 0 fully saturated rings. The fraction of sp³-hybridized carbons (Fsp3) is 0.708. The summed E-state index contributed by atoms with van der Waals surface area (Å²) in [4.78, 5) is 11.0. The molecule has 0 heterocycles. The summed E-state index contributed by atoms with van der Waals surface area (Å²) in [6, 6.07) is 7.80. The van der Waals surface area contributed by atoms with Crippen LogP contribution in [0.1, 0.15) is 115 Å². The second-order valence-corrected chi connectivity index (χ2v) is 8.04. The molecule has 1 rings (SSSR count). The van der Waals surface area contributed by atoms with E-state index in [2.05, 4.69) is 19.1 Å². The number of carbonyl (C=O) groups excluding carboxylic acids is 1. The molecule has 4 nitrogen and oxygen atoms in total. The van der Waals surface area contributed by atoms with Crippen molar-refractivity contribution in [1.29, 1.82) is 0 Å². The van der Waals surface area contributed by atoms with E-state index in [0.717, 1.165) is 19.3 Å². The molecule has 1 aromatic rings. The van der Waals surface area contributed by atoms with Crippen molar-refractivity contribution in [2.45, 2.75) is 109 Å². The van der Waals surface area contributed by atoms with Gasteiger partial charge in [0.05, 0.1) is 0 Å². The van der Waals surface area contributed by atoms with E-state index in [9.17, 15) is 9.90 Å². The Morgan fingerprint density at radius 2 is 1.32 bits per heavy atom. The van der Waals surface area contributed by atoms with Gasteiger partial charge in [-0.25, -0.2) is 5.48 Å². The molecule has 0 aliphatic heterocycles. The smallest absolute Gasteiger partial charge is 0.243 e. The molecule has 0 saturated carbocycles. The van der Waals surface area contributed by atoms with Gasteiger partial charge < -0.3 is 5.11 Å². The number of benzene rings is 1. The first-order chi connectivity index (χ1) is 13.7. The van der Waals surface area contributed by atoms with Gasteiger partial charge >= 0.3 is 0 Å². The summed E-state index contributed by atoms with van der Waals surface area (Å²) in [5.74, 6) is 0.656. The summed E-state index contributed by atoms with van der Waals surface area (Å²) in [5, 5.41) is 18.0. The highest BCUT2D eigenvalue weighted by molar-refractivity contribution is 5.74. The molecule has 28 heavy (non-hydrogen) atoms. The normalized spacial score (nSPS) is 12.1. The van der Waals surface area contributed by atoms with Crippen LogP contribution in [0.4, 0.5) is 0 Å². The zero-order valence-electron chi connectivity index (χ0n) is 17.8. The summed E-state index contributed by atoms with van der Waals surface area (Å²) in [6.07, 6.45) is 17.6. The summed E-state index contributed by atoms with van der Waals surface area (Å²) < 4.78 is 0. The first-order valence-electron chi connectivity index (χ1n) is 11.4. The quantitative estimate of drug-likeness (QED) is 0.154. The van der Waals surface area contributed by atoms with Crippen molar-refractivity contribution in [2.24, 2.45) is 0 Å². The van der Waals surface area contributed by atoms with E-state index in [-0.39, 0.29) is 5.91 Å². The lowest BCUT2D eigenvalue weighted by molar-refractivity contribution is -0.129. The molecule has 1 amide bonds. The van der Waals surface area contributed by atoms with Gasteiger partial charge in [-0.2, -0.15) is 0 Å². The molecule has 4 heteroatoms. The largest absolute Gasteiger partial charge is 0.508 e. The maximum atomic E-state index is 11.0.